The predicted molar refractivity (Wildman–Crippen MR) is 112 cm³/mol. The van der Waals surface area contributed by atoms with Crippen LogP contribution in [0.15, 0.2) is 66.7 Å². The number of rotatable bonds is 4. The van der Waals surface area contributed by atoms with Gasteiger partial charge in [0.2, 0.25) is 0 Å². The molecule has 2 aromatic carbocycles. The summed E-state index contributed by atoms with van der Waals surface area (Å²) in [7, 11) is 0. The quantitative estimate of drug-likeness (QED) is 0.559. The van der Waals surface area contributed by atoms with Crippen LogP contribution in [-0.4, -0.2) is 10.2 Å². The van der Waals surface area contributed by atoms with Crippen LogP contribution >= 0.6 is 0 Å². The van der Waals surface area contributed by atoms with E-state index in [2.05, 4.69) is 46.6 Å². The van der Waals surface area contributed by atoms with Gasteiger partial charge in [0.1, 0.15) is 0 Å². The van der Waals surface area contributed by atoms with Gasteiger partial charge in [0.15, 0.2) is 0 Å². The molecule has 0 saturated heterocycles. The van der Waals surface area contributed by atoms with Crippen LogP contribution < -0.4 is 0 Å². The summed E-state index contributed by atoms with van der Waals surface area (Å²) in [4.78, 5) is 0. The fraction of sp³-hybridized carbons (Fsp3) is 0.174. The fourth-order valence-corrected chi connectivity index (χ4v) is 2.02. The van der Waals surface area contributed by atoms with Gasteiger partial charge in [-0.25, -0.2) is 0 Å². The van der Waals surface area contributed by atoms with Crippen LogP contribution in [0.5, 0.6) is 0 Å². The van der Waals surface area contributed by atoms with Gasteiger partial charge in [-0.3, -0.25) is 5.10 Å². The zero-order valence-electron chi connectivity index (χ0n) is 15.6. The highest BCUT2D eigenvalue weighted by molar-refractivity contribution is 5.71. The molecule has 130 valence electrons. The zero-order valence-corrected chi connectivity index (χ0v) is 15.6. The van der Waals surface area contributed by atoms with Crippen molar-refractivity contribution in [3.8, 4) is 0 Å². The van der Waals surface area contributed by atoms with Crippen molar-refractivity contribution in [2.24, 2.45) is 0 Å². The summed E-state index contributed by atoms with van der Waals surface area (Å²) >= 11 is 0. The minimum absolute atomic E-state index is 0.923. The van der Waals surface area contributed by atoms with Crippen molar-refractivity contribution in [1.29, 1.82) is 0 Å². The molecule has 0 atom stereocenters. The molecule has 0 radical (unpaired) electrons. The minimum Gasteiger partial charge on any atom is -0.278 e. The normalized spacial score (nSPS) is 10.1. The third-order valence-corrected chi connectivity index (χ3v) is 3.12. The van der Waals surface area contributed by atoms with E-state index in [0.29, 0.717) is 0 Å². The molecule has 3 aromatic rings. The van der Waals surface area contributed by atoms with Crippen molar-refractivity contribution in [1.82, 2.24) is 10.2 Å². The van der Waals surface area contributed by atoms with Crippen LogP contribution in [0.2, 0.25) is 0 Å². The van der Waals surface area contributed by atoms with Gasteiger partial charge < -0.3 is 0 Å². The fourth-order valence-electron chi connectivity index (χ4n) is 2.02. The van der Waals surface area contributed by atoms with E-state index in [1.807, 2.05) is 82.3 Å². The van der Waals surface area contributed by atoms with Crippen molar-refractivity contribution in [2.45, 2.75) is 27.7 Å². The molecule has 0 fully saturated rings. The van der Waals surface area contributed by atoms with Gasteiger partial charge in [-0.15, -0.1) is 0 Å². The Balaban J connectivity index is 0.000000730. The van der Waals surface area contributed by atoms with E-state index in [9.17, 15) is 0 Å². The molecule has 1 heterocycles. The molecule has 3 rings (SSSR count). The van der Waals surface area contributed by atoms with Gasteiger partial charge in [0.05, 0.1) is 11.4 Å². The average molecular weight is 332 g/mol. The van der Waals surface area contributed by atoms with Crippen molar-refractivity contribution < 1.29 is 0 Å². The number of hydrogen-bond donors (Lipinski definition) is 1. The molecule has 0 bridgehead atoms. The number of H-pyrrole nitrogens is 1. The second-order valence-electron chi connectivity index (χ2n) is 4.74. The summed E-state index contributed by atoms with van der Waals surface area (Å²) in [5, 5.41) is 7.30. The van der Waals surface area contributed by atoms with Gasteiger partial charge in [0, 0.05) is 0 Å². The molecule has 0 saturated carbocycles. The zero-order chi connectivity index (χ0) is 18.3. The highest BCUT2D eigenvalue weighted by atomic mass is 15.1. The van der Waals surface area contributed by atoms with Gasteiger partial charge in [-0.05, 0) is 29.3 Å². The van der Waals surface area contributed by atoms with Crippen LogP contribution in [0.25, 0.3) is 24.3 Å². The van der Waals surface area contributed by atoms with Crippen LogP contribution in [0.4, 0.5) is 0 Å². The summed E-state index contributed by atoms with van der Waals surface area (Å²) in [6.45, 7) is 8.00. The van der Waals surface area contributed by atoms with Crippen molar-refractivity contribution in [3.63, 3.8) is 0 Å². The Morgan fingerprint density at radius 1 is 0.640 bits per heavy atom. The highest BCUT2D eigenvalue weighted by Gasteiger charge is 1.94. The predicted octanol–water partition coefficient (Wildman–Crippen LogP) is 6.80. The number of nitrogens with zero attached hydrogens (tertiary/aromatic N) is 1. The summed E-state index contributed by atoms with van der Waals surface area (Å²) in [6.07, 6.45) is 8.16. The minimum atomic E-state index is 0.923. The van der Waals surface area contributed by atoms with Gasteiger partial charge in [-0.2, -0.15) is 5.10 Å². The Hall–Kier alpha value is -2.87. The first kappa shape index (κ1) is 20.2. The highest BCUT2D eigenvalue weighted by Crippen LogP contribution is 2.10. The lowest BCUT2D eigenvalue weighted by molar-refractivity contribution is 1.07. The summed E-state index contributed by atoms with van der Waals surface area (Å²) in [6, 6.07) is 22.4. The van der Waals surface area contributed by atoms with Crippen LogP contribution in [-0.2, 0) is 0 Å². The Morgan fingerprint density at radius 3 is 1.64 bits per heavy atom. The largest absolute Gasteiger partial charge is 0.278 e. The van der Waals surface area contributed by atoms with Crippen molar-refractivity contribution >= 4 is 24.3 Å². The van der Waals surface area contributed by atoms with Crippen LogP contribution in [0, 0.1) is 0 Å². The molecule has 1 aromatic heterocycles. The number of benzene rings is 2. The number of hydrogen-bond acceptors (Lipinski definition) is 1. The molecular weight excluding hydrogens is 304 g/mol. The molecule has 0 aliphatic rings. The molecular formula is C23H28N2. The van der Waals surface area contributed by atoms with E-state index in [4.69, 9.17) is 0 Å². The monoisotopic (exact) mass is 332 g/mol. The molecule has 0 unspecified atom stereocenters. The second kappa shape index (κ2) is 12.5. The molecule has 0 amide bonds. The van der Waals surface area contributed by atoms with E-state index in [0.717, 1.165) is 11.4 Å². The molecule has 0 aliphatic heterocycles. The third kappa shape index (κ3) is 7.49. The standard InChI is InChI=1S/C19H16N2.2C2H6/c1-3-7-16(8-4-1)11-13-18-15-19(21-20-18)14-12-17-9-5-2-6-10-17;2*1-2/h1-15H,(H,20,21);2*1-2H3/b13-11+,14-12+;;. The van der Waals surface area contributed by atoms with E-state index in [1.54, 1.807) is 0 Å². The second-order valence-corrected chi connectivity index (χ2v) is 4.74. The first-order chi connectivity index (χ1) is 12.4. The molecule has 25 heavy (non-hydrogen) atoms. The van der Waals surface area contributed by atoms with Crippen molar-refractivity contribution in [2.75, 3.05) is 0 Å². The summed E-state index contributed by atoms with van der Waals surface area (Å²) in [5.74, 6) is 0. The maximum absolute atomic E-state index is 4.28. The summed E-state index contributed by atoms with van der Waals surface area (Å²) in [5.41, 5.74) is 4.26. The third-order valence-electron chi connectivity index (χ3n) is 3.12. The van der Waals surface area contributed by atoms with Crippen LogP contribution in [0.3, 0.4) is 0 Å². The maximum atomic E-state index is 4.28. The lowest BCUT2D eigenvalue weighted by atomic mass is 10.2. The number of aromatic amines is 1. The first-order valence-corrected chi connectivity index (χ1v) is 8.92. The van der Waals surface area contributed by atoms with Gasteiger partial charge >= 0.3 is 0 Å². The van der Waals surface area contributed by atoms with E-state index in [-0.39, 0.29) is 0 Å². The smallest absolute Gasteiger partial charge is 0.0854 e. The van der Waals surface area contributed by atoms with E-state index >= 15 is 0 Å². The average Bonchev–Trinajstić information content (AvgIpc) is 3.17. The Labute approximate surface area is 151 Å². The number of aromatic nitrogens is 2. The molecule has 2 heteroatoms. The lowest BCUT2D eigenvalue weighted by Crippen LogP contribution is -1.73. The van der Waals surface area contributed by atoms with Gasteiger partial charge in [-0.1, -0.05) is 101 Å². The van der Waals surface area contributed by atoms with E-state index in [1.165, 1.54) is 11.1 Å². The maximum Gasteiger partial charge on any atom is 0.0854 e. The Bertz CT molecular complexity index is 674. The van der Waals surface area contributed by atoms with Gasteiger partial charge in [0.25, 0.3) is 0 Å². The molecule has 0 aliphatic carbocycles. The Kier molecular flexibility index (Phi) is 10.1. The van der Waals surface area contributed by atoms with Crippen molar-refractivity contribution in [3.05, 3.63) is 89.2 Å². The lowest BCUT2D eigenvalue weighted by Gasteiger charge is -1.90. The molecule has 0 spiro atoms. The summed E-state index contributed by atoms with van der Waals surface area (Å²) < 4.78 is 0. The SMILES string of the molecule is C(=C\c1cc(/C=C/c2ccccc2)[nH]n1)/c1ccccc1.CC.CC. The first-order valence-electron chi connectivity index (χ1n) is 8.92. The number of nitrogens with one attached hydrogen (secondary N) is 1. The Morgan fingerprint density at radius 2 is 1.12 bits per heavy atom. The van der Waals surface area contributed by atoms with E-state index < -0.39 is 0 Å². The molecule has 2 nitrogen and oxygen atoms in total. The topological polar surface area (TPSA) is 28.7 Å². The molecule has 1 N–H and O–H groups in total. The van der Waals surface area contributed by atoms with Crippen LogP contribution in [0.1, 0.15) is 50.2 Å².